The minimum absolute atomic E-state index is 0.0353. The monoisotopic (exact) mass is 337 g/mol. The molecule has 6 heteroatoms. The fraction of sp³-hybridized carbons (Fsp3) is 0.158. The molecule has 0 atom stereocenters. The average molecular weight is 337 g/mol. The van der Waals surface area contributed by atoms with Gasteiger partial charge in [0.1, 0.15) is 11.6 Å². The van der Waals surface area contributed by atoms with Crippen LogP contribution in [-0.4, -0.2) is 22.3 Å². The predicted octanol–water partition coefficient (Wildman–Crippen LogP) is 3.15. The molecule has 0 fully saturated rings. The van der Waals surface area contributed by atoms with E-state index < -0.39 is 0 Å². The van der Waals surface area contributed by atoms with E-state index in [2.05, 4.69) is 5.10 Å². The number of aryl methyl sites for hydroxylation is 1. The number of ether oxygens (including phenoxy) is 1. The number of anilines is 1. The van der Waals surface area contributed by atoms with E-state index in [0.29, 0.717) is 17.0 Å². The van der Waals surface area contributed by atoms with Crippen molar-refractivity contribution in [3.8, 4) is 16.9 Å². The number of aromatic nitrogens is 2. The first-order chi connectivity index (χ1) is 12.1. The van der Waals surface area contributed by atoms with E-state index in [1.165, 1.54) is 6.07 Å². The highest BCUT2D eigenvalue weighted by Crippen LogP contribution is 2.33. The number of carbonyl (C=O) groups excluding carboxylic acids is 1. The fourth-order valence-corrected chi connectivity index (χ4v) is 2.92. The second kappa shape index (κ2) is 6.05. The molecule has 0 spiro atoms. The summed E-state index contributed by atoms with van der Waals surface area (Å²) in [6.45, 7) is 0.130. The molecule has 1 aromatic heterocycles. The molecule has 0 radical (unpaired) electrons. The molecule has 1 aliphatic rings. The number of nitrogens with zero attached hydrogens (tertiary/aromatic N) is 3. The Morgan fingerprint density at radius 1 is 1.20 bits per heavy atom. The molecule has 1 aliphatic heterocycles. The van der Waals surface area contributed by atoms with Gasteiger partial charge < -0.3 is 9.64 Å². The van der Waals surface area contributed by atoms with Crippen LogP contribution in [0.2, 0.25) is 0 Å². The van der Waals surface area contributed by atoms with Crippen LogP contribution >= 0.6 is 0 Å². The number of fused-ring (bicyclic) bond motifs is 1. The summed E-state index contributed by atoms with van der Waals surface area (Å²) in [5.41, 5.74) is 2.72. The van der Waals surface area contributed by atoms with Crippen LogP contribution < -0.4 is 9.64 Å². The Kier molecular flexibility index (Phi) is 3.72. The van der Waals surface area contributed by atoms with Crippen molar-refractivity contribution in [1.82, 2.24) is 9.78 Å². The topological polar surface area (TPSA) is 47.4 Å². The van der Waals surface area contributed by atoms with Gasteiger partial charge in [-0.3, -0.25) is 9.48 Å². The van der Waals surface area contributed by atoms with Crippen molar-refractivity contribution in [3.05, 3.63) is 66.2 Å². The molecule has 0 bridgehead atoms. The van der Waals surface area contributed by atoms with E-state index >= 15 is 0 Å². The Bertz CT molecular complexity index is 951. The second-order valence-electron chi connectivity index (χ2n) is 5.95. The summed E-state index contributed by atoms with van der Waals surface area (Å²) in [7, 11) is 1.82. The number of halogens is 1. The Morgan fingerprint density at radius 2 is 2.04 bits per heavy atom. The second-order valence-corrected chi connectivity index (χ2v) is 5.95. The zero-order chi connectivity index (χ0) is 17.4. The normalized spacial score (nSPS) is 13.5. The number of hydrogen-bond acceptors (Lipinski definition) is 3. The maximum absolute atomic E-state index is 14.6. The van der Waals surface area contributed by atoms with Crippen LogP contribution in [0, 0.1) is 5.82 Å². The van der Waals surface area contributed by atoms with Crippen LogP contribution in [0.4, 0.5) is 10.1 Å². The number of rotatable bonds is 3. The highest BCUT2D eigenvalue weighted by molar-refractivity contribution is 5.97. The lowest BCUT2D eigenvalue weighted by Crippen LogP contribution is -2.38. The SMILES string of the molecule is Cn1cc(-c2ccc(CN3C(=O)COc4ccccc43)c(F)c2)cn1. The largest absolute Gasteiger partial charge is 0.482 e. The molecule has 2 heterocycles. The van der Waals surface area contributed by atoms with Crippen LogP contribution in [0.25, 0.3) is 11.1 Å². The smallest absolute Gasteiger partial charge is 0.265 e. The third-order valence-corrected chi connectivity index (χ3v) is 4.23. The van der Waals surface area contributed by atoms with Gasteiger partial charge in [0.15, 0.2) is 6.61 Å². The minimum Gasteiger partial charge on any atom is -0.482 e. The van der Waals surface area contributed by atoms with E-state index in [-0.39, 0.29) is 24.9 Å². The van der Waals surface area contributed by atoms with Gasteiger partial charge in [0.2, 0.25) is 0 Å². The molecule has 0 aliphatic carbocycles. The summed E-state index contributed by atoms with van der Waals surface area (Å²) in [5, 5.41) is 4.10. The zero-order valence-corrected chi connectivity index (χ0v) is 13.6. The van der Waals surface area contributed by atoms with Gasteiger partial charge in [-0.1, -0.05) is 24.3 Å². The summed E-state index contributed by atoms with van der Waals surface area (Å²) in [5.74, 6) is 0.0991. The lowest BCUT2D eigenvalue weighted by atomic mass is 10.1. The summed E-state index contributed by atoms with van der Waals surface area (Å²) in [6, 6.07) is 12.3. The standard InChI is InChI=1S/C19H16FN3O2/c1-22-10-15(9-21-22)13-6-7-14(16(20)8-13)11-23-17-4-2-3-5-18(17)25-12-19(23)24/h2-10H,11-12H2,1H3. The quantitative estimate of drug-likeness (QED) is 0.738. The number of benzene rings is 2. The molecule has 0 saturated heterocycles. The van der Waals surface area contributed by atoms with Gasteiger partial charge in [0.05, 0.1) is 18.4 Å². The lowest BCUT2D eigenvalue weighted by molar-refractivity contribution is -0.121. The van der Waals surface area contributed by atoms with Crippen molar-refractivity contribution in [2.75, 3.05) is 11.5 Å². The third-order valence-electron chi connectivity index (χ3n) is 4.23. The Morgan fingerprint density at radius 3 is 2.80 bits per heavy atom. The van der Waals surface area contributed by atoms with E-state index in [4.69, 9.17) is 4.74 Å². The molecular weight excluding hydrogens is 321 g/mol. The van der Waals surface area contributed by atoms with Crippen LogP contribution in [0.3, 0.4) is 0 Å². The van der Waals surface area contributed by atoms with Gasteiger partial charge >= 0.3 is 0 Å². The van der Waals surface area contributed by atoms with Crippen molar-refractivity contribution in [2.45, 2.75) is 6.54 Å². The van der Waals surface area contributed by atoms with E-state index in [0.717, 1.165) is 11.1 Å². The Balaban J connectivity index is 1.64. The maximum atomic E-state index is 14.6. The minimum atomic E-state index is -0.349. The molecule has 3 aromatic rings. The number of para-hydroxylation sites is 2. The predicted molar refractivity (Wildman–Crippen MR) is 91.7 cm³/mol. The highest BCUT2D eigenvalue weighted by Gasteiger charge is 2.26. The number of hydrogen-bond donors (Lipinski definition) is 0. The van der Waals surface area contributed by atoms with Gasteiger partial charge in [-0.25, -0.2) is 4.39 Å². The molecular formula is C19H16FN3O2. The van der Waals surface area contributed by atoms with Crippen molar-refractivity contribution >= 4 is 11.6 Å². The van der Waals surface area contributed by atoms with Gasteiger partial charge in [0, 0.05) is 24.4 Å². The fourth-order valence-electron chi connectivity index (χ4n) is 2.92. The summed E-state index contributed by atoms with van der Waals surface area (Å²) in [4.78, 5) is 13.8. The van der Waals surface area contributed by atoms with Gasteiger partial charge in [-0.15, -0.1) is 0 Å². The molecule has 126 valence electrons. The third kappa shape index (κ3) is 2.87. The van der Waals surface area contributed by atoms with Crippen molar-refractivity contribution in [1.29, 1.82) is 0 Å². The molecule has 0 saturated carbocycles. The maximum Gasteiger partial charge on any atom is 0.265 e. The van der Waals surface area contributed by atoms with Crippen LogP contribution in [0.1, 0.15) is 5.56 Å². The lowest BCUT2D eigenvalue weighted by Gasteiger charge is -2.29. The molecule has 4 rings (SSSR count). The molecule has 2 aromatic carbocycles. The van der Waals surface area contributed by atoms with Crippen LogP contribution in [0.5, 0.6) is 5.75 Å². The summed E-state index contributed by atoms with van der Waals surface area (Å²) >= 11 is 0. The van der Waals surface area contributed by atoms with E-state index in [1.54, 1.807) is 34.0 Å². The molecule has 0 unspecified atom stereocenters. The molecule has 0 N–H and O–H groups in total. The van der Waals surface area contributed by atoms with Crippen molar-refractivity contribution < 1.29 is 13.9 Å². The molecule has 1 amide bonds. The highest BCUT2D eigenvalue weighted by atomic mass is 19.1. The van der Waals surface area contributed by atoms with Gasteiger partial charge in [0.25, 0.3) is 5.91 Å². The van der Waals surface area contributed by atoms with Crippen LogP contribution in [-0.2, 0) is 18.4 Å². The first-order valence-corrected chi connectivity index (χ1v) is 7.91. The Labute approximate surface area is 144 Å². The zero-order valence-electron chi connectivity index (χ0n) is 13.6. The van der Waals surface area contributed by atoms with Gasteiger partial charge in [-0.2, -0.15) is 5.10 Å². The van der Waals surface area contributed by atoms with E-state index in [1.807, 2.05) is 31.4 Å². The molecule has 25 heavy (non-hydrogen) atoms. The van der Waals surface area contributed by atoms with Crippen LogP contribution in [0.15, 0.2) is 54.9 Å². The number of carbonyl (C=O) groups is 1. The first-order valence-electron chi connectivity index (χ1n) is 7.91. The van der Waals surface area contributed by atoms with Gasteiger partial charge in [-0.05, 0) is 23.8 Å². The van der Waals surface area contributed by atoms with Crippen molar-refractivity contribution in [2.24, 2.45) is 7.05 Å². The summed E-state index contributed by atoms with van der Waals surface area (Å²) < 4.78 is 21.7. The van der Waals surface area contributed by atoms with E-state index in [9.17, 15) is 9.18 Å². The van der Waals surface area contributed by atoms with Crippen molar-refractivity contribution in [3.63, 3.8) is 0 Å². The Hall–Kier alpha value is -3.15. The average Bonchev–Trinajstić information content (AvgIpc) is 3.05. The summed E-state index contributed by atoms with van der Waals surface area (Å²) in [6.07, 6.45) is 3.52. The first kappa shape index (κ1) is 15.4. The molecule has 5 nitrogen and oxygen atoms in total. The number of amides is 1.